The van der Waals surface area contributed by atoms with Gasteiger partial charge in [-0.2, -0.15) is 0 Å². The van der Waals surface area contributed by atoms with Crippen molar-refractivity contribution < 1.29 is 9.90 Å². The Hall–Kier alpha value is -0.610. The molecule has 0 aromatic rings. The van der Waals surface area contributed by atoms with E-state index < -0.39 is 11.0 Å². The average Bonchev–Trinajstić information content (AvgIpc) is 2.17. The third-order valence-electron chi connectivity index (χ3n) is 3.47. The molecule has 0 radical (unpaired) electrons. The number of amides is 1. The van der Waals surface area contributed by atoms with Gasteiger partial charge in [0.2, 0.25) is 5.91 Å². The van der Waals surface area contributed by atoms with Gasteiger partial charge in [-0.3, -0.25) is 4.79 Å². The van der Waals surface area contributed by atoms with E-state index in [1.165, 1.54) is 6.42 Å². The highest BCUT2D eigenvalue weighted by molar-refractivity contribution is 5.80. The van der Waals surface area contributed by atoms with Gasteiger partial charge in [0.25, 0.3) is 0 Å². The third kappa shape index (κ3) is 3.76. The first-order valence-corrected chi connectivity index (χ1v) is 6.09. The molecule has 1 fully saturated rings. The predicted octanol–water partition coefficient (Wildman–Crippen LogP) is 0.783. The first-order chi connectivity index (χ1) is 7.36. The summed E-state index contributed by atoms with van der Waals surface area (Å²) in [5.41, 5.74) is 4.15. The Labute approximate surface area is 97.6 Å². The molecule has 0 aliphatic heterocycles. The Morgan fingerprint density at radius 1 is 1.38 bits per heavy atom. The zero-order valence-corrected chi connectivity index (χ0v) is 10.4. The Morgan fingerprint density at radius 3 is 2.44 bits per heavy atom. The first-order valence-electron chi connectivity index (χ1n) is 6.09. The second kappa shape index (κ2) is 5.15. The van der Waals surface area contributed by atoms with Gasteiger partial charge >= 0.3 is 0 Å². The third-order valence-corrected chi connectivity index (χ3v) is 3.47. The number of nitrogens with one attached hydrogen (secondary N) is 1. The summed E-state index contributed by atoms with van der Waals surface area (Å²) in [7, 11) is 0. The van der Waals surface area contributed by atoms with Crippen LogP contribution in [0.2, 0.25) is 0 Å². The van der Waals surface area contributed by atoms with Crippen LogP contribution in [0, 0.1) is 5.41 Å². The van der Waals surface area contributed by atoms with E-state index in [1.54, 1.807) is 0 Å². The summed E-state index contributed by atoms with van der Waals surface area (Å²) in [4.78, 5) is 11.1. The van der Waals surface area contributed by atoms with Gasteiger partial charge in [0, 0.05) is 13.1 Å². The molecule has 4 heteroatoms. The van der Waals surface area contributed by atoms with Crippen molar-refractivity contribution in [2.45, 2.75) is 51.6 Å². The lowest BCUT2D eigenvalue weighted by Gasteiger charge is -2.33. The number of primary amides is 1. The zero-order valence-electron chi connectivity index (χ0n) is 10.4. The van der Waals surface area contributed by atoms with E-state index in [0.717, 1.165) is 25.7 Å². The first kappa shape index (κ1) is 13.5. The fourth-order valence-electron chi connectivity index (χ4n) is 2.08. The monoisotopic (exact) mass is 228 g/mol. The van der Waals surface area contributed by atoms with Crippen molar-refractivity contribution in [3.05, 3.63) is 0 Å². The summed E-state index contributed by atoms with van der Waals surface area (Å²) in [5, 5.41) is 13.4. The molecule has 0 atom stereocenters. The number of nitrogens with two attached hydrogens (primary N) is 1. The van der Waals surface area contributed by atoms with Crippen LogP contribution in [-0.4, -0.2) is 29.7 Å². The lowest BCUT2D eigenvalue weighted by atomic mass is 9.84. The number of carbonyl (C=O) groups excluding carboxylic acids is 1. The van der Waals surface area contributed by atoms with Gasteiger partial charge < -0.3 is 16.2 Å². The van der Waals surface area contributed by atoms with Crippen LogP contribution in [0.15, 0.2) is 0 Å². The highest BCUT2D eigenvalue weighted by Crippen LogP contribution is 2.27. The van der Waals surface area contributed by atoms with Crippen molar-refractivity contribution in [1.29, 1.82) is 0 Å². The van der Waals surface area contributed by atoms with Crippen molar-refractivity contribution in [2.24, 2.45) is 11.1 Å². The molecule has 1 aliphatic rings. The standard InChI is InChI=1S/C12H24N2O2/c1-11(2,10(13)15)8-14-9-12(16)6-4-3-5-7-12/h14,16H,3-9H2,1-2H3,(H2,13,15). The summed E-state index contributed by atoms with van der Waals surface area (Å²) in [6, 6.07) is 0. The van der Waals surface area contributed by atoms with Crippen LogP contribution < -0.4 is 11.1 Å². The maximum absolute atomic E-state index is 11.1. The van der Waals surface area contributed by atoms with Crippen LogP contribution >= 0.6 is 0 Å². The molecule has 94 valence electrons. The van der Waals surface area contributed by atoms with E-state index in [2.05, 4.69) is 5.32 Å². The van der Waals surface area contributed by atoms with E-state index in [-0.39, 0.29) is 5.91 Å². The molecular formula is C12H24N2O2. The number of hydrogen-bond acceptors (Lipinski definition) is 3. The van der Waals surface area contributed by atoms with Gasteiger partial charge in [0.15, 0.2) is 0 Å². The molecule has 4 nitrogen and oxygen atoms in total. The average molecular weight is 228 g/mol. The Kier molecular flexibility index (Phi) is 4.33. The lowest BCUT2D eigenvalue weighted by molar-refractivity contribution is -0.125. The SMILES string of the molecule is CC(C)(CNCC1(O)CCCCC1)C(N)=O. The Balaban J connectivity index is 2.31. The largest absolute Gasteiger partial charge is 0.389 e. The zero-order chi connectivity index (χ0) is 12.2. The number of hydrogen-bond donors (Lipinski definition) is 3. The Bertz CT molecular complexity index is 245. The second-order valence-corrected chi connectivity index (χ2v) is 5.64. The number of aliphatic hydroxyl groups is 1. The summed E-state index contributed by atoms with van der Waals surface area (Å²) in [5.74, 6) is -0.310. The minimum atomic E-state index is -0.577. The van der Waals surface area contributed by atoms with E-state index >= 15 is 0 Å². The molecule has 0 heterocycles. The molecule has 4 N–H and O–H groups in total. The van der Waals surface area contributed by atoms with E-state index in [9.17, 15) is 9.90 Å². The van der Waals surface area contributed by atoms with Gasteiger partial charge in [0.05, 0.1) is 11.0 Å². The summed E-state index contributed by atoms with van der Waals surface area (Å²) in [6.07, 6.45) is 5.12. The smallest absolute Gasteiger partial charge is 0.224 e. The molecule has 1 aliphatic carbocycles. The molecule has 1 amide bonds. The van der Waals surface area contributed by atoms with Crippen LogP contribution in [0.3, 0.4) is 0 Å². The van der Waals surface area contributed by atoms with Gasteiger partial charge in [-0.1, -0.05) is 19.3 Å². The minimum absolute atomic E-state index is 0.310. The maximum atomic E-state index is 11.1. The van der Waals surface area contributed by atoms with E-state index in [1.807, 2.05) is 13.8 Å². The fourth-order valence-corrected chi connectivity index (χ4v) is 2.08. The highest BCUT2D eigenvalue weighted by atomic mass is 16.3. The number of carbonyl (C=O) groups is 1. The van der Waals surface area contributed by atoms with Crippen molar-refractivity contribution in [2.75, 3.05) is 13.1 Å². The molecule has 1 rings (SSSR count). The molecule has 0 aromatic heterocycles. The maximum Gasteiger partial charge on any atom is 0.224 e. The molecule has 1 saturated carbocycles. The van der Waals surface area contributed by atoms with Crippen LogP contribution in [-0.2, 0) is 4.79 Å². The molecule has 0 spiro atoms. The topological polar surface area (TPSA) is 75.3 Å². The van der Waals surface area contributed by atoms with Crippen molar-refractivity contribution in [3.8, 4) is 0 Å². The van der Waals surface area contributed by atoms with E-state index in [0.29, 0.717) is 13.1 Å². The predicted molar refractivity (Wildman–Crippen MR) is 63.9 cm³/mol. The molecule has 0 bridgehead atoms. The van der Waals surface area contributed by atoms with E-state index in [4.69, 9.17) is 5.73 Å². The van der Waals surface area contributed by atoms with Gasteiger partial charge in [-0.25, -0.2) is 0 Å². The summed E-state index contributed by atoms with van der Waals surface area (Å²) < 4.78 is 0. The van der Waals surface area contributed by atoms with Crippen molar-refractivity contribution >= 4 is 5.91 Å². The number of rotatable bonds is 5. The molecule has 0 saturated heterocycles. The van der Waals surface area contributed by atoms with Crippen LogP contribution in [0.4, 0.5) is 0 Å². The quantitative estimate of drug-likeness (QED) is 0.651. The Morgan fingerprint density at radius 2 is 1.94 bits per heavy atom. The highest BCUT2D eigenvalue weighted by Gasteiger charge is 2.30. The van der Waals surface area contributed by atoms with Gasteiger partial charge in [-0.05, 0) is 26.7 Å². The van der Waals surface area contributed by atoms with Gasteiger partial charge in [-0.15, -0.1) is 0 Å². The summed E-state index contributed by atoms with van der Waals surface area (Å²) >= 11 is 0. The normalized spacial score (nSPS) is 20.7. The molecule has 16 heavy (non-hydrogen) atoms. The van der Waals surface area contributed by atoms with Crippen LogP contribution in [0.25, 0.3) is 0 Å². The minimum Gasteiger partial charge on any atom is -0.389 e. The molecule has 0 aromatic carbocycles. The van der Waals surface area contributed by atoms with Gasteiger partial charge in [0.1, 0.15) is 0 Å². The van der Waals surface area contributed by atoms with Crippen LogP contribution in [0.5, 0.6) is 0 Å². The second-order valence-electron chi connectivity index (χ2n) is 5.64. The van der Waals surface area contributed by atoms with Crippen molar-refractivity contribution in [3.63, 3.8) is 0 Å². The van der Waals surface area contributed by atoms with Crippen molar-refractivity contribution in [1.82, 2.24) is 5.32 Å². The summed E-state index contributed by atoms with van der Waals surface area (Å²) in [6.45, 7) is 4.70. The molecule has 0 unspecified atom stereocenters. The van der Waals surface area contributed by atoms with Crippen LogP contribution in [0.1, 0.15) is 46.0 Å². The lowest BCUT2D eigenvalue weighted by Crippen LogP contribution is -2.47. The molecular weight excluding hydrogens is 204 g/mol. The fraction of sp³-hybridized carbons (Fsp3) is 0.917.